The molecule has 843 valence electrons. The quantitative estimate of drug-likeness (QED) is 0.00505. The van der Waals surface area contributed by atoms with Crippen molar-refractivity contribution >= 4 is 164 Å². The van der Waals surface area contributed by atoms with Gasteiger partial charge in [-0.2, -0.15) is 0 Å². The highest BCUT2D eigenvalue weighted by Crippen LogP contribution is 2.69. The molecule has 3 radical (unpaired) electrons. The summed E-state index contributed by atoms with van der Waals surface area (Å²) in [5.41, 5.74) is 4.13. The van der Waals surface area contributed by atoms with Gasteiger partial charge in [-0.15, -0.1) is 0 Å². The molecule has 35 nitrogen and oxygen atoms in total. The molecular formula is C80H89BCl8F25N10O25. The molecule has 8 aliphatic rings. The van der Waals surface area contributed by atoms with E-state index in [1.165, 1.54) is 79.2 Å². The monoisotopic (exact) mass is 2360 g/mol. The predicted octanol–water partition coefficient (Wildman–Crippen LogP) is 23.8. The third-order valence-electron chi connectivity index (χ3n) is 23.4. The van der Waals surface area contributed by atoms with Gasteiger partial charge in [0.2, 0.25) is 0 Å². The van der Waals surface area contributed by atoms with E-state index >= 15 is 0 Å². The maximum atomic E-state index is 13.1. The Morgan fingerprint density at radius 2 is 0.785 bits per heavy atom. The van der Waals surface area contributed by atoms with Crippen LogP contribution in [0.3, 0.4) is 0 Å². The number of anilines is 2. The fourth-order valence-electron chi connectivity index (χ4n) is 19.1. The van der Waals surface area contributed by atoms with E-state index in [-0.39, 0.29) is 104 Å². The van der Waals surface area contributed by atoms with Crippen LogP contribution in [0.4, 0.5) is 168 Å². The number of aliphatic hydroxyl groups is 4. The van der Waals surface area contributed by atoms with Gasteiger partial charge in [-0.1, -0.05) is 98.8 Å². The Bertz CT molecular complexity index is 4990. The molecule has 6 aromatic carbocycles. The second-order valence-corrected chi connectivity index (χ2v) is 34.5. The van der Waals surface area contributed by atoms with Crippen LogP contribution >= 0.6 is 92.8 Å². The van der Waals surface area contributed by atoms with Gasteiger partial charge in [0.25, 0.3) is 22.7 Å². The van der Waals surface area contributed by atoms with Crippen molar-refractivity contribution < 1.29 is 216 Å². The number of para-hydroxylation sites is 4. The number of nitro benzene ring substituents is 4. The highest BCUT2D eigenvalue weighted by molar-refractivity contribution is 6.67. The van der Waals surface area contributed by atoms with E-state index < -0.39 is 102 Å². The molecule has 0 bridgehead atoms. The molecule has 4 fully saturated rings. The van der Waals surface area contributed by atoms with Crippen molar-refractivity contribution in [3.05, 3.63) is 232 Å². The van der Waals surface area contributed by atoms with Crippen LogP contribution in [0, 0.1) is 51.3 Å². The Morgan fingerprint density at radius 1 is 0.483 bits per heavy atom. The Hall–Kier alpha value is -11.1. The first-order valence-electron chi connectivity index (χ1n) is 39.5. The number of methoxy groups -OCH3 is 2. The summed E-state index contributed by atoms with van der Waals surface area (Å²) >= 11 is 40.1. The van der Waals surface area contributed by atoms with Crippen molar-refractivity contribution in [2.75, 3.05) is 77.4 Å². The van der Waals surface area contributed by atoms with E-state index in [0.29, 0.717) is 28.9 Å². The Morgan fingerprint density at radius 3 is 1.07 bits per heavy atom. The number of likely N-dealkylation sites (N-methyl/N-ethyl adjacent to an activating group) is 2. The number of alkyl halides is 6. The van der Waals surface area contributed by atoms with Gasteiger partial charge in [0.05, 0.1) is 87.5 Å². The number of alkyl carbamates (subject to hydrolysis) is 1. The third kappa shape index (κ3) is 37.2. The number of esters is 1. The van der Waals surface area contributed by atoms with E-state index in [4.69, 9.17) is 232 Å². The normalized spacial score (nSPS) is 21.5. The van der Waals surface area contributed by atoms with Crippen molar-refractivity contribution in [1.82, 2.24) is 15.1 Å². The minimum atomic E-state index is -2.24. The summed E-state index contributed by atoms with van der Waals surface area (Å²) in [5.74, 6) is 0.955. The van der Waals surface area contributed by atoms with Crippen molar-refractivity contribution in [3.8, 4) is 11.5 Å². The Balaban J connectivity index is -0.000000422. The van der Waals surface area contributed by atoms with Crippen LogP contribution in [0.2, 0.25) is 0 Å². The topological polar surface area (TPSA) is 464 Å². The number of hydrogen-bond donors (Lipinski definition) is 6. The number of nitrogens with one attached hydrogen (secondary N) is 1. The van der Waals surface area contributed by atoms with Crippen LogP contribution in [-0.4, -0.2) is 211 Å². The van der Waals surface area contributed by atoms with Gasteiger partial charge >= 0.3 is 37.0 Å². The molecule has 12 atom stereocenters. The lowest BCUT2D eigenvalue weighted by atomic mass is 9.47. The lowest BCUT2D eigenvalue weighted by Gasteiger charge is -2.64. The SMILES string of the molecule is CC[C@]12C=CCN3CC[C@@]4(c5ccc(OC)cc5N(C)[C@H]4[C@@](O)(CN)[C@@H]1O)[C@@H]32.CC[C@]12C=CCN3CC[C@@]4(c5ccc(OC)cc5N(C)[C@H]4[C@@](O)(CNC(=O)OCc4ccccc4[N+](=O)[O-])[C@@H]1OC(C)=O)[C@@H]32.F.FF.FF.FF.FF.FF.FF.FF.FF.FF.FF.FF.FF.O=C(Cl)OCc1ccccc1[N+](=O)[O-].O=C(Cl)OCc1ccccc1[N+](=O)[O-].O=C(OC(Cl)(Cl)Cl)OC(Cl)(Cl)Cl.O=[N+]([O-])c1ccccc1CO.[B]. The standard InChI is InChI=1S/C32H38N4O8.C22H31N3O3.2C8H6ClNO4.C7H7NO3.C3Cl6O3.B.12F2.FH/c1-5-30-13-8-15-35-16-14-31(26(30)35)23-12-11-22(42-4)17-25(23)34(3)27(31)32(39,28(30)44-20(2)37)19-33-29(38)43-18-21-9-6-7-10-24(21)36(40)41;1-4-20-8-5-10-25-11-9-21(17(20)25)15-7-6-14(28-3)12-16(15)24(2)18(21)22(27,13-23)19(20)26;2*9-8(11)14-5-6-3-1-2-4-7(6)10(12)13;9-5-6-3-1-2-4-7(6)8(10)11;4-2(5,6)11-1(10)12-3(7,8)9;;12*1-2;/h6-13,17,26-28,39H,5,14-16,18-19H2,1-4H3,(H,33,38);5-8,12,17-19,26-27H,4,9-11,13,23H2,1-3H3;2*1-4H,5H2;1-4,9H,5H2;;;;;;;;;;;;;;;1H/t26-,27+,28+,30+,31+,32-;17-,18+,19+,20+,21+,22-;;;;;;;;;;;;;;;;;;/m00................../s1. The summed E-state index contributed by atoms with van der Waals surface area (Å²) in [6.45, 7) is 7.61. The third-order valence-corrected chi connectivity index (χ3v) is 24.1. The summed E-state index contributed by atoms with van der Waals surface area (Å²) in [6.07, 6.45) is 7.37. The van der Waals surface area contributed by atoms with Crippen LogP contribution < -0.4 is 30.3 Å². The largest absolute Gasteiger partial charge is 0.515 e. The molecule has 69 heteroatoms. The zero-order valence-electron chi connectivity index (χ0n) is 77.0. The number of nitrogens with two attached hydrogens (primary N) is 1. The number of nitro groups is 4. The molecule has 2 spiro atoms. The smallest absolute Gasteiger partial charge is 0.497 e. The average molecular weight is 2360 g/mol. The van der Waals surface area contributed by atoms with Gasteiger partial charge in [-0.25, -0.2) is 19.2 Å². The average Bonchev–Trinajstić information content (AvgIpc) is 1.49. The molecule has 6 aromatic rings. The van der Waals surface area contributed by atoms with Crippen molar-refractivity contribution in [1.29, 1.82) is 0 Å². The fourth-order valence-corrected chi connectivity index (χ4v) is 19.6. The number of amides is 1. The molecule has 2 aliphatic carbocycles. The van der Waals surface area contributed by atoms with Gasteiger partial charge in [-0.05, 0) is 156 Å². The van der Waals surface area contributed by atoms with E-state index in [0.717, 1.165) is 68.1 Å². The summed E-state index contributed by atoms with van der Waals surface area (Å²) < 4.78 is 227. The number of halogens is 33. The van der Waals surface area contributed by atoms with Crippen molar-refractivity contribution in [2.24, 2.45) is 16.6 Å². The van der Waals surface area contributed by atoms with E-state index in [1.54, 1.807) is 44.6 Å². The van der Waals surface area contributed by atoms with Crippen LogP contribution in [0.25, 0.3) is 0 Å². The van der Waals surface area contributed by atoms with Crippen molar-refractivity contribution in [2.45, 2.75) is 139 Å². The van der Waals surface area contributed by atoms with Gasteiger partial charge < -0.3 is 79.2 Å². The second kappa shape index (κ2) is 74.0. The number of nitrogens with zero attached hydrogens (tertiary/aromatic N) is 8. The molecule has 0 unspecified atom stereocenters. The first kappa shape index (κ1) is 149. The molecule has 14 rings (SSSR count). The Kier molecular flexibility index (Phi) is 73.7. The number of carbonyl (C=O) groups is 5. The maximum absolute atomic E-state index is 13.1. The molecule has 6 heterocycles. The number of benzene rings is 6. The number of ether oxygens (including phenoxy) is 8. The number of aliphatic hydroxyl groups excluding tert-OH is 2. The van der Waals surface area contributed by atoms with Gasteiger partial charge in [-0.3, -0.25) is 59.8 Å². The number of fused-ring (bicyclic) bond motifs is 2. The predicted molar refractivity (Wildman–Crippen MR) is 489 cm³/mol. The zero-order chi connectivity index (χ0) is 115. The molecule has 1 amide bonds. The molecule has 7 N–H and O–H groups in total. The molecule has 6 aliphatic heterocycles. The number of rotatable bonds is 19. The maximum Gasteiger partial charge on any atom is 0.515 e. The fraction of sp³-hybridized carbons (Fsp3) is 0.438. The number of carbonyl (C=O) groups excluding carboxylic acids is 5. The summed E-state index contributed by atoms with van der Waals surface area (Å²) in [4.78, 5) is 107. The van der Waals surface area contributed by atoms with Crippen LogP contribution in [-0.2, 0) is 70.5 Å². The molecule has 0 aromatic heterocycles. The zero-order valence-corrected chi connectivity index (χ0v) is 83.0. The molecule has 2 saturated carbocycles. The van der Waals surface area contributed by atoms with Crippen molar-refractivity contribution in [3.63, 3.8) is 0 Å². The van der Waals surface area contributed by atoms with E-state index in [2.05, 4.69) is 88.4 Å². The molecular weight excluding hydrogens is 2270 g/mol. The minimum Gasteiger partial charge on any atom is -0.497 e. The van der Waals surface area contributed by atoms with Crippen LogP contribution in [0.5, 0.6) is 11.5 Å². The van der Waals surface area contributed by atoms with Crippen LogP contribution in [0.1, 0.15) is 79.8 Å². The second-order valence-electron chi connectivity index (χ2n) is 29.5. The van der Waals surface area contributed by atoms with Crippen LogP contribution in [0.15, 0.2) is 158 Å². The highest BCUT2D eigenvalue weighted by atomic mass is 35.6. The lowest BCUT2D eigenvalue weighted by molar-refractivity contribution is -0.386. The van der Waals surface area contributed by atoms with Gasteiger partial charge in [0.15, 0.2) is 0 Å². The molecule has 2 saturated heterocycles. The summed E-state index contributed by atoms with van der Waals surface area (Å²) in [7, 11) is 7.22. The summed E-state index contributed by atoms with van der Waals surface area (Å²) in [5, 5.41) is 90.7. The number of hydrogen-bond acceptors (Lipinski definition) is 30. The Labute approximate surface area is 868 Å². The first-order chi connectivity index (χ1) is 70.0. The minimum absolute atomic E-state index is 0. The van der Waals surface area contributed by atoms with E-state index in [1.807, 2.05) is 44.1 Å². The highest BCUT2D eigenvalue weighted by Gasteiger charge is 2.79. The van der Waals surface area contributed by atoms with E-state index in [9.17, 15) is 79.7 Å². The summed E-state index contributed by atoms with van der Waals surface area (Å²) in [6, 6.07) is 35.5. The van der Waals surface area contributed by atoms with Gasteiger partial charge in [0.1, 0.15) is 48.6 Å². The lowest BCUT2D eigenvalue weighted by Crippen LogP contribution is -2.81. The molecule has 149 heavy (non-hydrogen) atoms. The first-order valence-corrected chi connectivity index (χ1v) is 42.5. The van der Waals surface area contributed by atoms with Gasteiger partial charge in [0, 0.05) is 264 Å².